The minimum atomic E-state index is -0.00996. The molecule has 0 saturated carbocycles. The number of hydrogen-bond acceptors (Lipinski definition) is 4. The van der Waals surface area contributed by atoms with Gasteiger partial charge < -0.3 is 15.5 Å². The van der Waals surface area contributed by atoms with Crippen molar-refractivity contribution in [1.82, 2.24) is 15.6 Å². The van der Waals surface area contributed by atoms with Crippen molar-refractivity contribution in [3.05, 3.63) is 23.9 Å². The normalized spacial score (nSPS) is 21.8. The van der Waals surface area contributed by atoms with Crippen LogP contribution in [0.2, 0.25) is 0 Å². The van der Waals surface area contributed by atoms with Gasteiger partial charge >= 0.3 is 0 Å². The van der Waals surface area contributed by atoms with E-state index in [4.69, 9.17) is 0 Å². The molecule has 0 bridgehead atoms. The van der Waals surface area contributed by atoms with Crippen molar-refractivity contribution >= 4 is 11.7 Å². The molecular formula is C17H26N4O. The number of amides is 1. The van der Waals surface area contributed by atoms with Crippen LogP contribution in [0.25, 0.3) is 0 Å². The third kappa shape index (κ3) is 3.97. The molecule has 5 heteroatoms. The Morgan fingerprint density at radius 2 is 2.18 bits per heavy atom. The summed E-state index contributed by atoms with van der Waals surface area (Å²) >= 11 is 0. The van der Waals surface area contributed by atoms with E-state index < -0.39 is 0 Å². The van der Waals surface area contributed by atoms with E-state index in [1.807, 2.05) is 12.1 Å². The summed E-state index contributed by atoms with van der Waals surface area (Å²) in [6.45, 7) is 5.13. The molecule has 0 aromatic carbocycles. The highest BCUT2D eigenvalue weighted by molar-refractivity contribution is 5.94. The van der Waals surface area contributed by atoms with Crippen LogP contribution in [0.3, 0.4) is 0 Å². The number of rotatable bonds is 5. The van der Waals surface area contributed by atoms with Gasteiger partial charge in [-0.15, -0.1) is 0 Å². The van der Waals surface area contributed by atoms with Crippen LogP contribution in [-0.2, 0) is 0 Å². The van der Waals surface area contributed by atoms with Crippen LogP contribution in [0.5, 0.6) is 0 Å². The summed E-state index contributed by atoms with van der Waals surface area (Å²) in [7, 11) is 0. The van der Waals surface area contributed by atoms with Crippen molar-refractivity contribution in [2.75, 3.05) is 37.6 Å². The lowest BCUT2D eigenvalue weighted by Crippen LogP contribution is -2.33. The van der Waals surface area contributed by atoms with Crippen molar-refractivity contribution in [3.63, 3.8) is 0 Å². The summed E-state index contributed by atoms with van der Waals surface area (Å²) < 4.78 is 0. The van der Waals surface area contributed by atoms with Crippen LogP contribution < -0.4 is 15.5 Å². The van der Waals surface area contributed by atoms with E-state index in [0.717, 1.165) is 45.0 Å². The molecule has 1 aromatic heterocycles. The number of carbonyl (C=O) groups is 1. The molecule has 22 heavy (non-hydrogen) atoms. The molecule has 0 aliphatic carbocycles. The Labute approximate surface area is 132 Å². The molecule has 5 nitrogen and oxygen atoms in total. The van der Waals surface area contributed by atoms with Crippen molar-refractivity contribution in [1.29, 1.82) is 0 Å². The fourth-order valence-corrected chi connectivity index (χ4v) is 3.32. The van der Waals surface area contributed by atoms with Gasteiger partial charge in [0.2, 0.25) is 0 Å². The van der Waals surface area contributed by atoms with Crippen LogP contribution in [0, 0.1) is 5.92 Å². The monoisotopic (exact) mass is 302 g/mol. The van der Waals surface area contributed by atoms with E-state index in [9.17, 15) is 4.79 Å². The molecule has 1 amide bonds. The Balaban J connectivity index is 1.45. The fraction of sp³-hybridized carbons (Fsp3) is 0.647. The molecule has 3 heterocycles. The third-order valence-corrected chi connectivity index (χ3v) is 4.68. The van der Waals surface area contributed by atoms with Crippen molar-refractivity contribution < 1.29 is 4.79 Å². The Kier molecular flexibility index (Phi) is 5.27. The lowest BCUT2D eigenvalue weighted by atomic mass is 9.96. The summed E-state index contributed by atoms with van der Waals surface area (Å²) in [5, 5.41) is 6.43. The summed E-state index contributed by atoms with van der Waals surface area (Å²) in [5.74, 6) is 1.68. The maximum Gasteiger partial charge on any atom is 0.252 e. The highest BCUT2D eigenvalue weighted by Crippen LogP contribution is 2.17. The Morgan fingerprint density at radius 3 is 2.86 bits per heavy atom. The van der Waals surface area contributed by atoms with Crippen LogP contribution >= 0.6 is 0 Å². The molecule has 2 N–H and O–H groups in total. The molecule has 0 spiro atoms. The highest BCUT2D eigenvalue weighted by Gasteiger charge is 2.15. The van der Waals surface area contributed by atoms with E-state index >= 15 is 0 Å². The van der Waals surface area contributed by atoms with E-state index in [0.29, 0.717) is 11.5 Å². The summed E-state index contributed by atoms with van der Waals surface area (Å²) in [6.07, 6.45) is 7.75. The Morgan fingerprint density at radius 1 is 1.32 bits per heavy atom. The number of carbonyl (C=O) groups excluding carboxylic acids is 1. The first-order valence-electron chi connectivity index (χ1n) is 8.53. The second-order valence-electron chi connectivity index (χ2n) is 6.36. The zero-order valence-corrected chi connectivity index (χ0v) is 13.2. The minimum Gasteiger partial charge on any atom is -0.357 e. The van der Waals surface area contributed by atoms with Gasteiger partial charge in [0, 0.05) is 25.8 Å². The van der Waals surface area contributed by atoms with Gasteiger partial charge in [-0.25, -0.2) is 4.98 Å². The molecule has 2 aliphatic rings. The summed E-state index contributed by atoms with van der Waals surface area (Å²) in [4.78, 5) is 18.8. The van der Waals surface area contributed by atoms with Gasteiger partial charge in [0.15, 0.2) is 0 Å². The Bertz CT molecular complexity index is 476. The van der Waals surface area contributed by atoms with Gasteiger partial charge in [-0.2, -0.15) is 0 Å². The molecule has 1 aromatic rings. The van der Waals surface area contributed by atoms with Gasteiger partial charge in [-0.3, -0.25) is 4.79 Å². The maximum absolute atomic E-state index is 12.1. The van der Waals surface area contributed by atoms with Crippen LogP contribution in [0.4, 0.5) is 5.82 Å². The van der Waals surface area contributed by atoms with E-state index in [1.165, 1.54) is 25.7 Å². The summed E-state index contributed by atoms with van der Waals surface area (Å²) in [5.41, 5.74) is 0.657. The molecule has 1 atom stereocenters. The zero-order valence-electron chi connectivity index (χ0n) is 13.2. The zero-order chi connectivity index (χ0) is 15.2. The first-order valence-corrected chi connectivity index (χ1v) is 8.53. The average molecular weight is 302 g/mol. The standard InChI is InChI=1S/C17H26N4O/c22-17(19-9-7-14-4-3-8-18-12-14)15-5-6-16(20-13-15)21-10-1-2-11-21/h5-6,13-14,18H,1-4,7-12H2,(H,19,22). The van der Waals surface area contributed by atoms with Gasteiger partial charge in [0.1, 0.15) is 5.82 Å². The number of anilines is 1. The van der Waals surface area contributed by atoms with Gasteiger partial charge in [0.25, 0.3) is 5.91 Å². The molecule has 120 valence electrons. The topological polar surface area (TPSA) is 57.3 Å². The van der Waals surface area contributed by atoms with E-state index in [2.05, 4.69) is 20.5 Å². The molecule has 2 fully saturated rings. The lowest BCUT2D eigenvalue weighted by Gasteiger charge is -2.22. The second-order valence-corrected chi connectivity index (χ2v) is 6.36. The number of aromatic nitrogens is 1. The van der Waals surface area contributed by atoms with Crippen LogP contribution in [0.15, 0.2) is 18.3 Å². The number of hydrogen-bond donors (Lipinski definition) is 2. The van der Waals surface area contributed by atoms with E-state index in [-0.39, 0.29) is 5.91 Å². The molecule has 1 unspecified atom stereocenters. The SMILES string of the molecule is O=C(NCCC1CCCNC1)c1ccc(N2CCCC2)nc1. The molecule has 2 aliphatic heterocycles. The van der Waals surface area contributed by atoms with Crippen molar-refractivity contribution in [3.8, 4) is 0 Å². The summed E-state index contributed by atoms with van der Waals surface area (Å²) in [6, 6.07) is 3.85. The predicted octanol–water partition coefficient (Wildman–Crippen LogP) is 1.80. The first kappa shape index (κ1) is 15.3. The molecule has 3 rings (SSSR count). The maximum atomic E-state index is 12.1. The van der Waals surface area contributed by atoms with Crippen molar-refractivity contribution in [2.24, 2.45) is 5.92 Å². The average Bonchev–Trinajstić information content (AvgIpc) is 3.10. The lowest BCUT2D eigenvalue weighted by molar-refractivity contribution is 0.0950. The van der Waals surface area contributed by atoms with Gasteiger partial charge in [-0.1, -0.05) is 0 Å². The number of nitrogens with one attached hydrogen (secondary N) is 2. The predicted molar refractivity (Wildman–Crippen MR) is 88.2 cm³/mol. The highest BCUT2D eigenvalue weighted by atomic mass is 16.1. The second kappa shape index (κ2) is 7.58. The molecule has 2 saturated heterocycles. The largest absolute Gasteiger partial charge is 0.357 e. The number of pyridine rings is 1. The fourth-order valence-electron chi connectivity index (χ4n) is 3.32. The smallest absolute Gasteiger partial charge is 0.252 e. The number of piperidine rings is 1. The Hall–Kier alpha value is -1.62. The van der Waals surface area contributed by atoms with Gasteiger partial charge in [-0.05, 0) is 63.2 Å². The van der Waals surface area contributed by atoms with Crippen molar-refractivity contribution in [2.45, 2.75) is 32.1 Å². The minimum absolute atomic E-state index is 0.00996. The molecular weight excluding hydrogens is 276 g/mol. The van der Waals surface area contributed by atoms with Gasteiger partial charge in [0.05, 0.1) is 5.56 Å². The van der Waals surface area contributed by atoms with Crippen LogP contribution in [0.1, 0.15) is 42.5 Å². The number of nitrogens with zero attached hydrogens (tertiary/aromatic N) is 2. The third-order valence-electron chi connectivity index (χ3n) is 4.68. The quantitative estimate of drug-likeness (QED) is 0.871. The van der Waals surface area contributed by atoms with Crippen LogP contribution in [-0.4, -0.2) is 43.6 Å². The van der Waals surface area contributed by atoms with E-state index in [1.54, 1.807) is 6.20 Å². The molecule has 0 radical (unpaired) electrons. The first-order chi connectivity index (χ1) is 10.8.